The first-order valence-corrected chi connectivity index (χ1v) is 7.33. The van der Waals surface area contributed by atoms with E-state index >= 15 is 0 Å². The number of carbonyl (C=O) groups is 1. The first-order valence-electron chi connectivity index (χ1n) is 7.33. The molecule has 24 heavy (non-hydrogen) atoms. The zero-order valence-electron chi connectivity index (χ0n) is 12.9. The lowest BCUT2D eigenvalue weighted by Crippen LogP contribution is -2.21. The van der Waals surface area contributed by atoms with Crippen LogP contribution in [0.25, 0.3) is 16.7 Å². The van der Waals surface area contributed by atoms with Crippen molar-refractivity contribution in [3.63, 3.8) is 0 Å². The molecule has 0 spiro atoms. The van der Waals surface area contributed by atoms with Gasteiger partial charge < -0.3 is 9.30 Å². The van der Waals surface area contributed by atoms with Crippen molar-refractivity contribution in [1.29, 1.82) is 5.26 Å². The number of fused-ring (bicyclic) bond motifs is 1. The Morgan fingerprint density at radius 3 is 2.92 bits per heavy atom. The smallest absolute Gasteiger partial charge is 0.343 e. The average molecular weight is 319 g/mol. The number of nitrogens with zero attached hydrogens (tertiary/aromatic N) is 3. The van der Waals surface area contributed by atoms with Crippen LogP contribution in [0, 0.1) is 11.3 Å². The van der Waals surface area contributed by atoms with Crippen LogP contribution < -0.4 is 5.43 Å². The summed E-state index contributed by atoms with van der Waals surface area (Å²) in [4.78, 5) is 28.9. The van der Waals surface area contributed by atoms with Gasteiger partial charge in [0.1, 0.15) is 11.2 Å². The molecule has 118 valence electrons. The quantitative estimate of drug-likeness (QED) is 0.692. The molecule has 6 heteroatoms. The van der Waals surface area contributed by atoms with E-state index in [-0.39, 0.29) is 12.2 Å². The maximum Gasteiger partial charge on any atom is 0.343 e. The predicted molar refractivity (Wildman–Crippen MR) is 88.0 cm³/mol. The zero-order valence-corrected chi connectivity index (χ0v) is 12.9. The second-order valence-electron chi connectivity index (χ2n) is 5.00. The van der Waals surface area contributed by atoms with Gasteiger partial charge in [-0.25, -0.2) is 9.78 Å². The van der Waals surface area contributed by atoms with Gasteiger partial charge in [0.05, 0.1) is 23.6 Å². The molecule has 3 rings (SSSR count). The molecule has 0 aliphatic heterocycles. The van der Waals surface area contributed by atoms with E-state index in [4.69, 9.17) is 10.00 Å². The number of aromatic nitrogens is 2. The number of rotatable bonds is 3. The highest BCUT2D eigenvalue weighted by atomic mass is 16.5. The summed E-state index contributed by atoms with van der Waals surface area (Å²) in [5.74, 6) is -0.682. The largest absolute Gasteiger partial charge is 0.462 e. The minimum Gasteiger partial charge on any atom is -0.462 e. The molecule has 0 unspecified atom stereocenters. The topological polar surface area (TPSA) is 85.0 Å². The van der Waals surface area contributed by atoms with Crippen molar-refractivity contribution in [1.82, 2.24) is 9.55 Å². The number of carbonyl (C=O) groups excluding carboxylic acids is 1. The molecule has 0 bridgehead atoms. The van der Waals surface area contributed by atoms with Gasteiger partial charge in [-0.3, -0.25) is 4.79 Å². The van der Waals surface area contributed by atoms with Crippen LogP contribution in [-0.2, 0) is 4.74 Å². The molecule has 3 aromatic rings. The highest BCUT2D eigenvalue weighted by Gasteiger charge is 2.17. The Bertz CT molecular complexity index is 1030. The number of pyridine rings is 2. The Morgan fingerprint density at radius 2 is 2.17 bits per heavy atom. The molecule has 0 N–H and O–H groups in total. The van der Waals surface area contributed by atoms with Gasteiger partial charge >= 0.3 is 5.97 Å². The van der Waals surface area contributed by atoms with Crippen LogP contribution >= 0.6 is 0 Å². The molecule has 0 saturated heterocycles. The van der Waals surface area contributed by atoms with Gasteiger partial charge in [-0.2, -0.15) is 5.26 Å². The highest BCUT2D eigenvalue weighted by Crippen LogP contribution is 2.17. The zero-order chi connectivity index (χ0) is 17.1. The Morgan fingerprint density at radius 1 is 1.33 bits per heavy atom. The van der Waals surface area contributed by atoms with Gasteiger partial charge in [0.15, 0.2) is 0 Å². The van der Waals surface area contributed by atoms with Gasteiger partial charge in [-0.15, -0.1) is 0 Å². The maximum atomic E-state index is 12.5. The summed E-state index contributed by atoms with van der Waals surface area (Å²) in [6.45, 7) is 1.85. The van der Waals surface area contributed by atoms with Crippen molar-refractivity contribution in [2.75, 3.05) is 6.61 Å². The summed E-state index contributed by atoms with van der Waals surface area (Å²) in [6, 6.07) is 12.1. The summed E-state index contributed by atoms with van der Waals surface area (Å²) in [5, 5.41) is 9.39. The first kappa shape index (κ1) is 15.4. The van der Waals surface area contributed by atoms with E-state index in [1.54, 1.807) is 54.1 Å². The van der Waals surface area contributed by atoms with E-state index in [2.05, 4.69) is 11.1 Å². The van der Waals surface area contributed by atoms with Crippen LogP contribution in [0.15, 0.2) is 53.6 Å². The van der Waals surface area contributed by atoms with Crippen molar-refractivity contribution in [2.24, 2.45) is 0 Å². The van der Waals surface area contributed by atoms with Gasteiger partial charge in [0, 0.05) is 18.1 Å². The molecule has 0 aliphatic rings. The van der Waals surface area contributed by atoms with E-state index in [9.17, 15) is 9.59 Å². The number of ether oxygens (including phenoxy) is 1. The van der Waals surface area contributed by atoms with E-state index in [0.717, 1.165) is 0 Å². The average Bonchev–Trinajstić information content (AvgIpc) is 2.62. The van der Waals surface area contributed by atoms with Gasteiger partial charge in [-0.05, 0) is 37.3 Å². The summed E-state index contributed by atoms with van der Waals surface area (Å²) in [7, 11) is 0. The van der Waals surface area contributed by atoms with Crippen molar-refractivity contribution >= 4 is 17.0 Å². The molecule has 2 aromatic heterocycles. The third-order valence-electron chi connectivity index (χ3n) is 3.51. The van der Waals surface area contributed by atoms with E-state index < -0.39 is 11.4 Å². The molecule has 0 saturated carbocycles. The number of hydrogen-bond donors (Lipinski definition) is 0. The molecule has 6 nitrogen and oxygen atoms in total. The number of esters is 1. The Balaban J connectivity index is 2.34. The third-order valence-corrected chi connectivity index (χ3v) is 3.51. The molecule has 1 aromatic carbocycles. The normalized spacial score (nSPS) is 10.3. The summed E-state index contributed by atoms with van der Waals surface area (Å²) >= 11 is 0. The van der Waals surface area contributed by atoms with Crippen LogP contribution in [0.4, 0.5) is 0 Å². The third kappa shape index (κ3) is 2.63. The summed E-state index contributed by atoms with van der Waals surface area (Å²) in [6.07, 6.45) is 2.97. The second-order valence-corrected chi connectivity index (χ2v) is 5.00. The lowest BCUT2D eigenvalue weighted by atomic mass is 10.1. The fourth-order valence-electron chi connectivity index (χ4n) is 2.44. The second kappa shape index (κ2) is 6.34. The Labute approximate surface area is 137 Å². The molecule has 0 aliphatic carbocycles. The van der Waals surface area contributed by atoms with E-state index in [1.807, 2.05) is 0 Å². The van der Waals surface area contributed by atoms with Gasteiger partial charge in [0.2, 0.25) is 5.43 Å². The van der Waals surface area contributed by atoms with Crippen LogP contribution in [-0.4, -0.2) is 22.1 Å². The summed E-state index contributed by atoms with van der Waals surface area (Å²) < 4.78 is 6.58. The Hall–Kier alpha value is -3.46. The fraction of sp³-hybridized carbons (Fsp3) is 0.111. The van der Waals surface area contributed by atoms with Crippen molar-refractivity contribution in [2.45, 2.75) is 6.92 Å². The first-order chi connectivity index (χ1) is 11.7. The van der Waals surface area contributed by atoms with Crippen LogP contribution in [0.2, 0.25) is 0 Å². The van der Waals surface area contributed by atoms with Crippen molar-refractivity contribution < 1.29 is 9.53 Å². The fourth-order valence-corrected chi connectivity index (χ4v) is 2.44. The molecular weight excluding hydrogens is 306 g/mol. The number of nitriles is 1. The molecule has 0 fully saturated rings. The van der Waals surface area contributed by atoms with Gasteiger partial charge in [-0.1, -0.05) is 6.07 Å². The predicted octanol–water partition coefficient (Wildman–Crippen LogP) is 2.43. The Kier molecular flexibility index (Phi) is 4.08. The number of hydrogen-bond acceptors (Lipinski definition) is 5. The summed E-state index contributed by atoms with van der Waals surface area (Å²) in [5.41, 5.74) is 1.01. The van der Waals surface area contributed by atoms with E-state index in [0.29, 0.717) is 22.3 Å². The van der Waals surface area contributed by atoms with Crippen LogP contribution in [0.3, 0.4) is 0 Å². The van der Waals surface area contributed by atoms with Gasteiger partial charge in [0.25, 0.3) is 0 Å². The lowest BCUT2D eigenvalue weighted by Gasteiger charge is -2.12. The molecule has 0 atom stereocenters. The SMILES string of the molecule is CCOC(=O)c1cn(-c2cccc(C#N)c2)c2ncccc2c1=O. The van der Waals surface area contributed by atoms with Crippen molar-refractivity contribution in [3.8, 4) is 11.8 Å². The maximum absolute atomic E-state index is 12.5. The molecule has 2 heterocycles. The minimum atomic E-state index is -0.682. The molecular formula is C18H13N3O3. The minimum absolute atomic E-state index is 0.0697. The molecule has 0 amide bonds. The van der Waals surface area contributed by atoms with Crippen LogP contribution in [0.5, 0.6) is 0 Å². The lowest BCUT2D eigenvalue weighted by molar-refractivity contribution is 0.0524. The standard InChI is InChI=1S/C18H13N3O3/c1-2-24-18(23)15-11-21(13-6-3-5-12(9-13)10-19)17-14(16(15)22)7-4-8-20-17/h3-9,11H,2H2,1H3. The number of benzene rings is 1. The highest BCUT2D eigenvalue weighted by molar-refractivity contribution is 5.93. The molecule has 0 radical (unpaired) electrons. The van der Waals surface area contributed by atoms with E-state index in [1.165, 1.54) is 6.20 Å². The monoisotopic (exact) mass is 319 g/mol. The van der Waals surface area contributed by atoms with Crippen LogP contribution in [0.1, 0.15) is 22.8 Å². The van der Waals surface area contributed by atoms with Crippen molar-refractivity contribution in [3.05, 3.63) is 70.1 Å².